The average Bonchev–Trinajstić information content (AvgIpc) is 3.52. The van der Waals surface area contributed by atoms with E-state index in [9.17, 15) is 9.59 Å². The van der Waals surface area contributed by atoms with Crippen LogP contribution in [0.25, 0.3) is 16.7 Å². The Kier molecular flexibility index (Phi) is 5.54. The summed E-state index contributed by atoms with van der Waals surface area (Å²) >= 11 is 0. The molecule has 2 fully saturated rings. The Morgan fingerprint density at radius 3 is 2.69 bits per heavy atom. The average molecular weight is 475 g/mol. The monoisotopic (exact) mass is 474 g/mol. The van der Waals surface area contributed by atoms with Gasteiger partial charge in [-0.15, -0.1) is 0 Å². The van der Waals surface area contributed by atoms with Crippen LogP contribution in [0.15, 0.2) is 34.9 Å². The van der Waals surface area contributed by atoms with Gasteiger partial charge in [-0.3, -0.25) is 9.59 Å². The van der Waals surface area contributed by atoms with Crippen LogP contribution >= 0.6 is 0 Å². The van der Waals surface area contributed by atoms with Crippen LogP contribution in [0.2, 0.25) is 0 Å². The maximum Gasteiger partial charge on any atom is 0.255 e. The number of nitrogens with one attached hydrogen (secondary N) is 3. The third-order valence-electron chi connectivity index (χ3n) is 7.33. The van der Waals surface area contributed by atoms with Crippen molar-refractivity contribution in [2.24, 2.45) is 11.3 Å². The number of hydrogen-bond acceptors (Lipinski definition) is 5. The molecule has 1 aliphatic carbocycles. The van der Waals surface area contributed by atoms with Gasteiger partial charge in [0.15, 0.2) is 5.76 Å². The summed E-state index contributed by atoms with van der Waals surface area (Å²) in [6, 6.07) is 5.26. The first-order valence-corrected chi connectivity index (χ1v) is 11.9. The van der Waals surface area contributed by atoms with Gasteiger partial charge in [-0.05, 0) is 50.3 Å². The number of aromatic amines is 1. The van der Waals surface area contributed by atoms with E-state index in [0.717, 1.165) is 30.8 Å². The molecule has 182 valence electrons. The van der Waals surface area contributed by atoms with Crippen LogP contribution in [0, 0.1) is 30.6 Å². The zero-order chi connectivity index (χ0) is 24.9. The fraction of sp³-hybridized carbons (Fsp3) is 0.370. The molecule has 1 aliphatic heterocycles. The molecule has 0 unspecified atom stereocenters. The Morgan fingerprint density at radius 1 is 1.29 bits per heavy atom. The largest absolute Gasteiger partial charge is 0.460 e. The van der Waals surface area contributed by atoms with Crippen molar-refractivity contribution >= 4 is 34.8 Å². The van der Waals surface area contributed by atoms with Gasteiger partial charge in [-0.25, -0.2) is 0 Å². The van der Waals surface area contributed by atoms with Crippen LogP contribution in [-0.2, 0) is 0 Å². The highest BCUT2D eigenvalue weighted by Gasteiger charge is 2.51. The van der Waals surface area contributed by atoms with Gasteiger partial charge < -0.3 is 29.8 Å². The summed E-state index contributed by atoms with van der Waals surface area (Å²) in [6.07, 6.45) is 6.95. The van der Waals surface area contributed by atoms with E-state index in [1.807, 2.05) is 11.8 Å². The van der Waals surface area contributed by atoms with E-state index in [1.54, 1.807) is 38.4 Å². The van der Waals surface area contributed by atoms with Crippen LogP contribution in [0.3, 0.4) is 0 Å². The third kappa shape index (κ3) is 3.92. The Bertz CT molecular complexity index is 1370. The van der Waals surface area contributed by atoms with E-state index in [4.69, 9.17) is 14.6 Å². The number of rotatable bonds is 7. The maximum absolute atomic E-state index is 13.1. The number of likely N-dealkylation sites (tertiary alicyclic amines) is 1. The second-order valence-corrected chi connectivity index (χ2v) is 9.86. The third-order valence-corrected chi connectivity index (χ3v) is 7.33. The van der Waals surface area contributed by atoms with Gasteiger partial charge in [0.25, 0.3) is 11.8 Å². The molecule has 8 heteroatoms. The van der Waals surface area contributed by atoms with Crippen LogP contribution in [0.1, 0.15) is 57.5 Å². The SMILES string of the molecule is CNC(=O)c1c(C)oc2cc(O/C(=C/C=N)c3[nH]cc(C(=O)N4CC(C)(C5CC5)C4)c3C)ccc12. The number of aryl methyl sites for hydroxylation is 1. The first kappa shape index (κ1) is 23.0. The lowest BCUT2D eigenvalue weighted by Gasteiger charge is -2.48. The van der Waals surface area contributed by atoms with E-state index in [2.05, 4.69) is 17.2 Å². The van der Waals surface area contributed by atoms with Gasteiger partial charge in [-0.2, -0.15) is 0 Å². The summed E-state index contributed by atoms with van der Waals surface area (Å²) in [5, 5.41) is 10.9. The first-order chi connectivity index (χ1) is 16.8. The number of benzene rings is 1. The van der Waals surface area contributed by atoms with E-state index in [-0.39, 0.29) is 17.2 Å². The van der Waals surface area contributed by atoms with Crippen molar-refractivity contribution in [3.8, 4) is 5.75 Å². The molecular formula is C27H30N4O4. The fourth-order valence-corrected chi connectivity index (χ4v) is 5.19. The number of ether oxygens (including phenoxy) is 1. The number of amides is 2. The topological polar surface area (TPSA) is 111 Å². The molecule has 1 saturated carbocycles. The molecule has 8 nitrogen and oxygen atoms in total. The predicted molar refractivity (Wildman–Crippen MR) is 134 cm³/mol. The Labute approximate surface area is 203 Å². The van der Waals surface area contributed by atoms with E-state index in [1.165, 1.54) is 18.9 Å². The number of aromatic nitrogens is 1. The van der Waals surface area contributed by atoms with Crippen LogP contribution in [0.5, 0.6) is 5.75 Å². The Hall–Kier alpha value is -3.81. The number of H-pyrrole nitrogens is 1. The maximum atomic E-state index is 13.1. The van der Waals surface area contributed by atoms with Gasteiger partial charge in [0, 0.05) is 55.5 Å². The molecule has 3 aromatic rings. The number of carbonyl (C=O) groups excluding carboxylic acids is 2. The second kappa shape index (κ2) is 8.45. The molecule has 2 amide bonds. The fourth-order valence-electron chi connectivity index (χ4n) is 5.19. The molecule has 2 aromatic heterocycles. The zero-order valence-corrected chi connectivity index (χ0v) is 20.5. The van der Waals surface area contributed by atoms with Crippen molar-refractivity contribution in [1.29, 1.82) is 5.41 Å². The van der Waals surface area contributed by atoms with Gasteiger partial charge in [-0.1, -0.05) is 6.92 Å². The quantitative estimate of drug-likeness (QED) is 0.341. The lowest BCUT2D eigenvalue weighted by molar-refractivity contribution is 0.00367. The van der Waals surface area contributed by atoms with Crippen LogP contribution < -0.4 is 10.1 Å². The summed E-state index contributed by atoms with van der Waals surface area (Å²) in [4.78, 5) is 30.4. The van der Waals surface area contributed by atoms with Crippen LogP contribution in [0.4, 0.5) is 0 Å². The highest BCUT2D eigenvalue weighted by molar-refractivity contribution is 6.07. The van der Waals surface area contributed by atoms with E-state index in [0.29, 0.717) is 45.1 Å². The highest BCUT2D eigenvalue weighted by Crippen LogP contribution is 2.51. The molecule has 0 atom stereocenters. The van der Waals surface area contributed by atoms with Gasteiger partial charge >= 0.3 is 0 Å². The number of hydrogen-bond donors (Lipinski definition) is 3. The molecule has 3 heterocycles. The summed E-state index contributed by atoms with van der Waals surface area (Å²) in [5.41, 5.74) is 3.32. The Morgan fingerprint density at radius 2 is 2.03 bits per heavy atom. The minimum atomic E-state index is -0.210. The van der Waals surface area contributed by atoms with Crippen molar-refractivity contribution in [2.75, 3.05) is 20.1 Å². The lowest BCUT2D eigenvalue weighted by Crippen LogP contribution is -2.58. The van der Waals surface area contributed by atoms with Crippen molar-refractivity contribution < 1.29 is 18.7 Å². The minimum Gasteiger partial charge on any atom is -0.460 e. The highest BCUT2D eigenvalue weighted by atomic mass is 16.5. The summed E-state index contributed by atoms with van der Waals surface area (Å²) < 4.78 is 11.9. The van der Waals surface area contributed by atoms with Gasteiger partial charge in [0.05, 0.1) is 16.8 Å². The zero-order valence-electron chi connectivity index (χ0n) is 20.5. The molecule has 35 heavy (non-hydrogen) atoms. The number of nitrogens with zero attached hydrogens (tertiary/aromatic N) is 1. The van der Waals surface area contributed by atoms with Crippen molar-refractivity contribution in [3.63, 3.8) is 0 Å². The molecule has 3 N–H and O–H groups in total. The minimum absolute atomic E-state index is 0.0199. The summed E-state index contributed by atoms with van der Waals surface area (Å²) in [5.74, 6) is 2.00. The predicted octanol–water partition coefficient (Wildman–Crippen LogP) is 4.68. The van der Waals surface area contributed by atoms with Crippen molar-refractivity contribution in [3.05, 3.63) is 58.6 Å². The molecule has 0 radical (unpaired) electrons. The molecule has 1 aromatic carbocycles. The first-order valence-electron chi connectivity index (χ1n) is 11.9. The molecular weight excluding hydrogens is 444 g/mol. The lowest BCUT2D eigenvalue weighted by atomic mass is 9.77. The van der Waals surface area contributed by atoms with E-state index < -0.39 is 0 Å². The van der Waals surface area contributed by atoms with Crippen molar-refractivity contribution in [2.45, 2.75) is 33.6 Å². The standard InChI is InChI=1S/C27H30N4O4/c1-15-20(26(33)31-13-27(3,14-31)17-5-6-17)12-30-24(15)21(9-10-28)35-18-7-8-19-22(11-18)34-16(2)23(19)25(32)29-4/h7-12,17,28,30H,5-6,13-14H2,1-4H3,(H,29,32)/b21-9+,28-10?. The van der Waals surface area contributed by atoms with Gasteiger partial charge in [0.2, 0.25) is 0 Å². The smallest absolute Gasteiger partial charge is 0.255 e. The van der Waals surface area contributed by atoms with Crippen LogP contribution in [-0.4, -0.2) is 48.1 Å². The number of fused-ring (bicyclic) bond motifs is 1. The molecule has 1 saturated heterocycles. The molecule has 0 bridgehead atoms. The number of furan rings is 1. The molecule has 2 aliphatic rings. The number of carbonyl (C=O) groups is 2. The van der Waals surface area contributed by atoms with Crippen molar-refractivity contribution in [1.82, 2.24) is 15.2 Å². The summed E-state index contributed by atoms with van der Waals surface area (Å²) in [7, 11) is 1.58. The molecule has 5 rings (SSSR count). The second-order valence-electron chi connectivity index (χ2n) is 9.86. The number of allylic oxidation sites excluding steroid dienone is 1. The van der Waals surface area contributed by atoms with Gasteiger partial charge in [0.1, 0.15) is 17.1 Å². The normalized spacial score (nSPS) is 17.3. The summed E-state index contributed by atoms with van der Waals surface area (Å²) in [6.45, 7) is 7.51. The van der Waals surface area contributed by atoms with E-state index >= 15 is 0 Å². The Balaban J connectivity index is 1.38. The molecule has 0 spiro atoms.